The minimum absolute atomic E-state index is 0.00586. The first-order chi connectivity index (χ1) is 19.8. The van der Waals surface area contributed by atoms with Crippen LogP contribution >= 0.6 is 23.2 Å². The SMILES string of the molecule is COc1ccc(C)cc1N(CC(=O)Nc1ccc(S(=O)(=O)Nc2cccc(Cl)c2Cl)cc1)S(=O)(=O)c1ccc(C)cc1. The molecule has 0 heterocycles. The van der Waals surface area contributed by atoms with Crippen LogP contribution in [-0.2, 0) is 24.8 Å². The summed E-state index contributed by atoms with van der Waals surface area (Å²) in [6.07, 6.45) is 0. The summed E-state index contributed by atoms with van der Waals surface area (Å²) in [6.45, 7) is 3.06. The number of carbonyl (C=O) groups is 1. The van der Waals surface area contributed by atoms with Crippen LogP contribution in [-0.4, -0.2) is 36.4 Å². The minimum Gasteiger partial charge on any atom is -0.495 e. The number of aryl methyl sites for hydroxylation is 2. The van der Waals surface area contributed by atoms with Crippen molar-refractivity contribution in [2.24, 2.45) is 0 Å². The highest BCUT2D eigenvalue weighted by molar-refractivity contribution is 7.93. The molecule has 0 aliphatic rings. The summed E-state index contributed by atoms with van der Waals surface area (Å²) in [5.74, 6) is -0.389. The van der Waals surface area contributed by atoms with Crippen LogP contribution in [0.25, 0.3) is 0 Å². The zero-order valence-corrected chi connectivity index (χ0v) is 25.9. The van der Waals surface area contributed by atoms with Crippen molar-refractivity contribution in [3.05, 3.63) is 106 Å². The summed E-state index contributed by atoms with van der Waals surface area (Å²) in [7, 11) is -6.80. The van der Waals surface area contributed by atoms with Crippen LogP contribution < -0.4 is 19.1 Å². The number of carbonyl (C=O) groups excluding carboxylic acids is 1. The molecule has 0 saturated heterocycles. The Morgan fingerprint density at radius 2 is 1.45 bits per heavy atom. The van der Waals surface area contributed by atoms with E-state index in [1.54, 1.807) is 43.3 Å². The van der Waals surface area contributed by atoms with Crippen LogP contribution in [0.1, 0.15) is 11.1 Å². The van der Waals surface area contributed by atoms with Gasteiger partial charge in [0.1, 0.15) is 12.3 Å². The van der Waals surface area contributed by atoms with Gasteiger partial charge in [-0.05, 0) is 80.1 Å². The first-order valence-electron chi connectivity index (χ1n) is 12.4. The number of amides is 1. The van der Waals surface area contributed by atoms with Crippen molar-refractivity contribution in [1.82, 2.24) is 0 Å². The van der Waals surface area contributed by atoms with E-state index in [1.807, 2.05) is 6.92 Å². The molecule has 0 unspecified atom stereocenters. The highest BCUT2D eigenvalue weighted by atomic mass is 35.5. The van der Waals surface area contributed by atoms with E-state index in [0.717, 1.165) is 15.4 Å². The first kappa shape index (κ1) is 31.2. The predicted molar refractivity (Wildman–Crippen MR) is 166 cm³/mol. The molecule has 13 heteroatoms. The fourth-order valence-corrected chi connectivity index (χ4v) is 6.87. The van der Waals surface area contributed by atoms with Crippen molar-refractivity contribution >= 4 is 66.2 Å². The quantitative estimate of drug-likeness (QED) is 0.210. The van der Waals surface area contributed by atoms with Crippen LogP contribution in [0.5, 0.6) is 5.75 Å². The van der Waals surface area contributed by atoms with Gasteiger partial charge in [0.2, 0.25) is 5.91 Å². The molecular weight excluding hydrogens is 621 g/mol. The van der Waals surface area contributed by atoms with E-state index in [9.17, 15) is 21.6 Å². The summed E-state index contributed by atoms with van der Waals surface area (Å²) in [5, 5.41) is 2.88. The molecule has 4 aromatic carbocycles. The Hall–Kier alpha value is -3.77. The van der Waals surface area contributed by atoms with Gasteiger partial charge in [-0.2, -0.15) is 0 Å². The normalized spacial score (nSPS) is 11.5. The molecule has 0 spiro atoms. The smallest absolute Gasteiger partial charge is 0.264 e. The summed E-state index contributed by atoms with van der Waals surface area (Å²) in [6, 6.07) is 21.2. The standard InChI is InChI=1S/C29H27Cl2N3O6S2/c1-19-7-12-23(13-8-19)42(38,39)34(26-17-20(2)9-16-27(26)40-3)18-28(35)32-21-10-14-22(15-11-21)41(36,37)33-25-6-4-5-24(30)29(25)31/h4-17,33H,18H2,1-3H3,(H,32,35). The van der Waals surface area contributed by atoms with Crippen molar-refractivity contribution in [3.8, 4) is 5.75 Å². The molecule has 1 amide bonds. The molecular formula is C29H27Cl2N3O6S2. The zero-order valence-electron chi connectivity index (χ0n) is 22.8. The van der Waals surface area contributed by atoms with Crippen LogP contribution in [0, 0.1) is 13.8 Å². The highest BCUT2D eigenvalue weighted by Crippen LogP contribution is 2.34. The molecule has 220 valence electrons. The number of methoxy groups -OCH3 is 1. The van der Waals surface area contributed by atoms with Crippen molar-refractivity contribution in [2.75, 3.05) is 28.0 Å². The largest absolute Gasteiger partial charge is 0.495 e. The van der Waals surface area contributed by atoms with Crippen LogP contribution in [0.4, 0.5) is 17.1 Å². The summed E-state index contributed by atoms with van der Waals surface area (Å²) < 4.78 is 62.0. The van der Waals surface area contributed by atoms with Crippen molar-refractivity contribution in [1.29, 1.82) is 0 Å². The predicted octanol–water partition coefficient (Wildman–Crippen LogP) is 6.25. The van der Waals surface area contributed by atoms with E-state index >= 15 is 0 Å². The average Bonchev–Trinajstić information content (AvgIpc) is 2.94. The number of rotatable bonds is 10. The third-order valence-corrected chi connectivity index (χ3v) is 10.1. The highest BCUT2D eigenvalue weighted by Gasteiger charge is 2.30. The molecule has 0 fully saturated rings. The number of hydrogen-bond donors (Lipinski definition) is 2. The van der Waals surface area contributed by atoms with E-state index in [4.69, 9.17) is 27.9 Å². The maximum Gasteiger partial charge on any atom is 0.264 e. The number of hydrogen-bond acceptors (Lipinski definition) is 6. The number of anilines is 3. The topological polar surface area (TPSA) is 122 Å². The van der Waals surface area contributed by atoms with Crippen LogP contribution in [0.2, 0.25) is 10.0 Å². The summed E-state index contributed by atoms with van der Waals surface area (Å²) >= 11 is 12.1. The Morgan fingerprint density at radius 3 is 2.10 bits per heavy atom. The van der Waals surface area contributed by atoms with E-state index in [0.29, 0.717) is 0 Å². The monoisotopic (exact) mass is 647 g/mol. The lowest BCUT2D eigenvalue weighted by molar-refractivity contribution is -0.114. The molecule has 0 saturated carbocycles. The fourth-order valence-electron chi connectivity index (χ4n) is 3.97. The van der Waals surface area contributed by atoms with Crippen LogP contribution in [0.3, 0.4) is 0 Å². The second-order valence-corrected chi connectivity index (χ2v) is 13.6. The second kappa shape index (κ2) is 12.6. The van der Waals surface area contributed by atoms with Crippen molar-refractivity contribution in [3.63, 3.8) is 0 Å². The molecule has 0 aliphatic heterocycles. The zero-order chi connectivity index (χ0) is 30.7. The Morgan fingerprint density at radius 1 is 0.833 bits per heavy atom. The van der Waals surface area contributed by atoms with Gasteiger partial charge in [-0.25, -0.2) is 16.8 Å². The first-order valence-corrected chi connectivity index (χ1v) is 16.1. The van der Waals surface area contributed by atoms with E-state index in [2.05, 4.69) is 10.0 Å². The van der Waals surface area contributed by atoms with Gasteiger partial charge in [0.25, 0.3) is 20.0 Å². The molecule has 0 atom stereocenters. The molecule has 0 radical (unpaired) electrons. The number of ether oxygens (including phenoxy) is 1. The molecule has 0 aliphatic carbocycles. The van der Waals surface area contributed by atoms with Crippen LogP contribution in [0.15, 0.2) is 94.7 Å². The maximum atomic E-state index is 13.8. The molecule has 0 aromatic heterocycles. The third kappa shape index (κ3) is 6.99. The van der Waals surface area contributed by atoms with Gasteiger partial charge in [-0.15, -0.1) is 0 Å². The number of sulfonamides is 2. The second-order valence-electron chi connectivity index (χ2n) is 9.28. The lowest BCUT2D eigenvalue weighted by Crippen LogP contribution is -2.38. The van der Waals surface area contributed by atoms with E-state index < -0.39 is 32.5 Å². The van der Waals surface area contributed by atoms with Crippen molar-refractivity contribution < 1.29 is 26.4 Å². The van der Waals surface area contributed by atoms with Gasteiger partial charge in [-0.1, -0.05) is 53.0 Å². The molecule has 42 heavy (non-hydrogen) atoms. The Labute approximate surface area is 255 Å². The Bertz CT molecular complexity index is 1830. The summed E-state index contributed by atoms with van der Waals surface area (Å²) in [4.78, 5) is 13.1. The lowest BCUT2D eigenvalue weighted by Gasteiger charge is -2.26. The number of nitrogens with one attached hydrogen (secondary N) is 2. The molecule has 4 aromatic rings. The Kier molecular flexibility index (Phi) is 9.37. The van der Waals surface area contributed by atoms with Gasteiger partial charge in [0.15, 0.2) is 0 Å². The van der Waals surface area contributed by atoms with Gasteiger partial charge in [-0.3, -0.25) is 13.8 Å². The summed E-state index contributed by atoms with van der Waals surface area (Å²) in [5.41, 5.74) is 2.20. The average molecular weight is 649 g/mol. The van der Waals surface area contributed by atoms with E-state index in [-0.39, 0.29) is 42.6 Å². The van der Waals surface area contributed by atoms with Gasteiger partial charge in [0.05, 0.1) is 38.3 Å². The van der Waals surface area contributed by atoms with E-state index in [1.165, 1.54) is 55.6 Å². The third-order valence-electron chi connectivity index (χ3n) is 6.14. The van der Waals surface area contributed by atoms with Gasteiger partial charge < -0.3 is 10.1 Å². The number of halogens is 2. The lowest BCUT2D eigenvalue weighted by atomic mass is 10.2. The number of nitrogens with zero attached hydrogens (tertiary/aromatic N) is 1. The van der Waals surface area contributed by atoms with Gasteiger partial charge >= 0.3 is 0 Å². The maximum absolute atomic E-state index is 13.8. The molecule has 0 bridgehead atoms. The van der Waals surface area contributed by atoms with Crippen molar-refractivity contribution in [2.45, 2.75) is 23.6 Å². The molecule has 2 N–H and O–H groups in total. The molecule has 4 rings (SSSR count). The molecule has 9 nitrogen and oxygen atoms in total. The number of benzene rings is 4. The Balaban J connectivity index is 1.58. The van der Waals surface area contributed by atoms with Gasteiger partial charge in [0, 0.05) is 5.69 Å². The minimum atomic E-state index is -4.19. The fraction of sp³-hybridized carbons (Fsp3) is 0.138.